The number of aryl methyl sites for hydroxylation is 1. The van der Waals surface area contributed by atoms with Crippen LogP contribution in [-0.2, 0) is 6.54 Å². The topological polar surface area (TPSA) is 77.9 Å². The van der Waals surface area contributed by atoms with Crippen LogP contribution in [-0.4, -0.2) is 31.8 Å². The molecular weight excluding hydrogens is 390 g/mol. The summed E-state index contributed by atoms with van der Waals surface area (Å²) in [6, 6.07) is 23.0. The highest BCUT2D eigenvalue weighted by molar-refractivity contribution is 5.94. The number of fused-ring (bicyclic) bond motifs is 1. The molecule has 0 atom stereocenters. The van der Waals surface area contributed by atoms with Gasteiger partial charge in [0.15, 0.2) is 5.76 Å². The average molecular weight is 411 g/mol. The van der Waals surface area contributed by atoms with E-state index in [0.29, 0.717) is 23.7 Å². The second-order valence-corrected chi connectivity index (χ2v) is 7.18. The molecule has 1 amide bonds. The van der Waals surface area contributed by atoms with Crippen LogP contribution in [0.4, 0.5) is 0 Å². The lowest BCUT2D eigenvalue weighted by Gasteiger charge is -2.09. The van der Waals surface area contributed by atoms with Gasteiger partial charge in [0, 0.05) is 19.2 Å². The van der Waals surface area contributed by atoms with E-state index in [1.54, 1.807) is 23.1 Å². The Bertz CT molecular complexity index is 1300. The number of rotatable bonds is 7. The normalized spacial score (nSPS) is 11.1. The van der Waals surface area contributed by atoms with E-state index >= 15 is 0 Å². The van der Waals surface area contributed by atoms with Gasteiger partial charge >= 0.3 is 0 Å². The van der Waals surface area contributed by atoms with Crippen molar-refractivity contribution in [2.75, 3.05) is 6.54 Å². The van der Waals surface area contributed by atoms with Gasteiger partial charge in [0.2, 0.25) is 0 Å². The fourth-order valence-electron chi connectivity index (χ4n) is 3.58. The molecule has 5 rings (SSSR count). The molecule has 154 valence electrons. The van der Waals surface area contributed by atoms with Crippen LogP contribution in [0.15, 0.2) is 89.8 Å². The van der Waals surface area contributed by atoms with Crippen LogP contribution in [0.5, 0.6) is 0 Å². The quantitative estimate of drug-likeness (QED) is 0.405. The lowest BCUT2D eigenvalue weighted by Crippen LogP contribution is -2.27. The van der Waals surface area contributed by atoms with Gasteiger partial charge in [-0.1, -0.05) is 30.3 Å². The summed E-state index contributed by atoms with van der Waals surface area (Å²) >= 11 is 0. The Labute approximate surface area is 178 Å². The number of carbonyl (C=O) groups is 1. The largest absolute Gasteiger partial charge is 0.463 e. The van der Waals surface area contributed by atoms with Crippen LogP contribution in [0.2, 0.25) is 0 Å². The SMILES string of the molecule is O=C(NCCCn1cnc2ccccc21)c1cc(-c2ccco2)nn1-c1ccccc1. The number of nitrogens with one attached hydrogen (secondary N) is 1. The van der Waals surface area contributed by atoms with Crippen LogP contribution in [0.1, 0.15) is 16.9 Å². The number of carbonyl (C=O) groups excluding carboxylic acids is 1. The van der Waals surface area contributed by atoms with Gasteiger partial charge in [-0.2, -0.15) is 5.10 Å². The van der Waals surface area contributed by atoms with Crippen LogP contribution < -0.4 is 5.32 Å². The van der Waals surface area contributed by atoms with Gasteiger partial charge in [0.1, 0.15) is 11.4 Å². The summed E-state index contributed by atoms with van der Waals surface area (Å²) in [5, 5.41) is 7.61. The summed E-state index contributed by atoms with van der Waals surface area (Å²) in [4.78, 5) is 17.4. The molecule has 0 bridgehead atoms. The molecule has 0 aliphatic rings. The third-order valence-corrected chi connectivity index (χ3v) is 5.11. The second-order valence-electron chi connectivity index (χ2n) is 7.18. The number of benzene rings is 2. The maximum Gasteiger partial charge on any atom is 0.270 e. The maximum absolute atomic E-state index is 13.0. The average Bonchev–Trinajstić information content (AvgIpc) is 3.57. The van der Waals surface area contributed by atoms with Gasteiger partial charge < -0.3 is 14.3 Å². The summed E-state index contributed by atoms with van der Waals surface area (Å²) in [7, 11) is 0. The third-order valence-electron chi connectivity index (χ3n) is 5.11. The number of hydrogen-bond acceptors (Lipinski definition) is 4. The number of aromatic nitrogens is 4. The van der Waals surface area contributed by atoms with Crippen LogP contribution in [0.3, 0.4) is 0 Å². The predicted molar refractivity (Wildman–Crippen MR) is 118 cm³/mol. The van der Waals surface area contributed by atoms with Crippen molar-refractivity contribution in [2.24, 2.45) is 0 Å². The molecule has 0 unspecified atom stereocenters. The zero-order valence-corrected chi connectivity index (χ0v) is 16.8. The molecule has 0 saturated carbocycles. The number of nitrogens with zero attached hydrogens (tertiary/aromatic N) is 4. The maximum atomic E-state index is 13.0. The number of amides is 1. The molecule has 5 aromatic rings. The minimum absolute atomic E-state index is 0.176. The van der Waals surface area contributed by atoms with E-state index in [4.69, 9.17) is 4.42 Å². The Balaban J connectivity index is 1.30. The second kappa shape index (κ2) is 8.31. The number of hydrogen-bond donors (Lipinski definition) is 1. The molecule has 0 fully saturated rings. The Kier molecular flexibility index (Phi) is 5.06. The molecule has 0 aliphatic carbocycles. The molecule has 0 aliphatic heterocycles. The molecule has 3 heterocycles. The number of imidazole rings is 1. The summed E-state index contributed by atoms with van der Waals surface area (Å²) in [5.41, 5.74) is 3.97. The molecule has 0 radical (unpaired) electrons. The lowest BCUT2D eigenvalue weighted by atomic mass is 10.2. The molecule has 0 spiro atoms. The minimum atomic E-state index is -0.176. The Morgan fingerprint density at radius 3 is 2.68 bits per heavy atom. The van der Waals surface area contributed by atoms with Gasteiger partial charge in [-0.15, -0.1) is 0 Å². The van der Waals surface area contributed by atoms with Gasteiger partial charge in [0.25, 0.3) is 5.91 Å². The minimum Gasteiger partial charge on any atom is -0.463 e. The summed E-state index contributed by atoms with van der Waals surface area (Å²) in [5.74, 6) is 0.445. The van der Waals surface area contributed by atoms with E-state index in [0.717, 1.165) is 29.7 Å². The van der Waals surface area contributed by atoms with Crippen molar-refractivity contribution in [1.82, 2.24) is 24.6 Å². The molecule has 0 saturated heterocycles. The highest BCUT2D eigenvalue weighted by Gasteiger charge is 2.18. The smallest absolute Gasteiger partial charge is 0.270 e. The van der Waals surface area contributed by atoms with Crippen LogP contribution >= 0.6 is 0 Å². The van der Waals surface area contributed by atoms with E-state index in [1.165, 1.54) is 0 Å². The lowest BCUT2D eigenvalue weighted by molar-refractivity contribution is 0.0945. The van der Waals surface area contributed by atoms with Crippen LogP contribution in [0.25, 0.3) is 28.2 Å². The fourth-order valence-corrected chi connectivity index (χ4v) is 3.58. The molecule has 3 aromatic heterocycles. The first-order chi connectivity index (χ1) is 15.3. The van der Waals surface area contributed by atoms with Gasteiger partial charge in [0.05, 0.1) is 29.3 Å². The van der Waals surface area contributed by atoms with Crippen LogP contribution in [0, 0.1) is 0 Å². The zero-order chi connectivity index (χ0) is 21.0. The van der Waals surface area contributed by atoms with Gasteiger partial charge in [-0.3, -0.25) is 4.79 Å². The fraction of sp³-hybridized carbons (Fsp3) is 0.125. The van der Waals surface area contributed by atoms with E-state index in [1.807, 2.05) is 60.9 Å². The summed E-state index contributed by atoms with van der Waals surface area (Å²) in [6.07, 6.45) is 4.22. The molecule has 7 heteroatoms. The number of furan rings is 1. The van der Waals surface area contributed by atoms with Crippen molar-refractivity contribution in [3.8, 4) is 17.1 Å². The first kappa shape index (κ1) is 18.9. The molecular formula is C24H21N5O2. The van der Waals surface area contributed by atoms with Gasteiger partial charge in [-0.25, -0.2) is 9.67 Å². The zero-order valence-electron chi connectivity index (χ0n) is 16.8. The Morgan fingerprint density at radius 2 is 1.84 bits per heavy atom. The molecule has 2 aromatic carbocycles. The Morgan fingerprint density at radius 1 is 1.00 bits per heavy atom. The van der Waals surface area contributed by atoms with Crippen molar-refractivity contribution >= 4 is 16.9 Å². The van der Waals surface area contributed by atoms with Crippen molar-refractivity contribution in [3.05, 3.63) is 91.1 Å². The van der Waals surface area contributed by atoms with E-state index in [9.17, 15) is 4.79 Å². The first-order valence-corrected chi connectivity index (χ1v) is 10.2. The van der Waals surface area contributed by atoms with E-state index in [-0.39, 0.29) is 5.91 Å². The first-order valence-electron chi connectivity index (χ1n) is 10.2. The van der Waals surface area contributed by atoms with Gasteiger partial charge in [-0.05, 0) is 42.8 Å². The standard InChI is InChI=1S/C24H21N5O2/c30-24(25-13-7-14-28-17-26-19-10-4-5-11-21(19)28)22-16-20(23-12-6-15-31-23)27-29(22)18-8-2-1-3-9-18/h1-6,8-12,15-17H,7,13-14H2,(H,25,30). The molecule has 1 N–H and O–H groups in total. The van der Waals surface area contributed by atoms with Crippen molar-refractivity contribution in [1.29, 1.82) is 0 Å². The Hall–Kier alpha value is -4.13. The van der Waals surface area contributed by atoms with E-state index in [2.05, 4.69) is 26.0 Å². The van der Waals surface area contributed by atoms with E-state index < -0.39 is 0 Å². The number of para-hydroxylation sites is 3. The van der Waals surface area contributed by atoms with Crippen molar-refractivity contribution < 1.29 is 9.21 Å². The highest BCUT2D eigenvalue weighted by Crippen LogP contribution is 2.22. The summed E-state index contributed by atoms with van der Waals surface area (Å²) < 4.78 is 9.21. The predicted octanol–water partition coefficient (Wildman–Crippen LogP) is 4.30. The monoisotopic (exact) mass is 411 g/mol. The third kappa shape index (κ3) is 3.85. The van der Waals surface area contributed by atoms with Crippen molar-refractivity contribution in [3.63, 3.8) is 0 Å². The summed E-state index contributed by atoms with van der Waals surface area (Å²) in [6.45, 7) is 1.32. The highest BCUT2D eigenvalue weighted by atomic mass is 16.3. The molecule has 7 nitrogen and oxygen atoms in total. The van der Waals surface area contributed by atoms with Crippen molar-refractivity contribution in [2.45, 2.75) is 13.0 Å². The molecule has 31 heavy (non-hydrogen) atoms.